The van der Waals surface area contributed by atoms with E-state index < -0.39 is 0 Å². The zero-order valence-corrected chi connectivity index (χ0v) is 18.1. The minimum Gasteiger partial charge on any atom is -0.493 e. The molecule has 0 amide bonds. The van der Waals surface area contributed by atoms with Gasteiger partial charge in [-0.15, -0.1) is 0 Å². The molecule has 4 aromatic rings. The Bertz CT molecular complexity index is 1240. The summed E-state index contributed by atoms with van der Waals surface area (Å²) in [5, 5.41) is 0.200. The lowest BCUT2D eigenvalue weighted by molar-refractivity contribution is 0.353. The highest BCUT2D eigenvalue weighted by Gasteiger charge is 2.24. The van der Waals surface area contributed by atoms with E-state index in [1.165, 1.54) is 16.7 Å². The first-order chi connectivity index (χ1) is 15.2. The molecule has 0 saturated carbocycles. The van der Waals surface area contributed by atoms with Crippen molar-refractivity contribution in [1.82, 2.24) is 19.5 Å². The van der Waals surface area contributed by atoms with Crippen molar-refractivity contribution >= 4 is 28.6 Å². The number of fused-ring (bicyclic) bond motifs is 2. The first-order valence-electron chi connectivity index (χ1n) is 10.1. The normalized spacial score (nSPS) is 13.3. The van der Waals surface area contributed by atoms with Gasteiger partial charge in [-0.25, -0.2) is 4.98 Å². The number of nitrogens with zero attached hydrogens (tertiary/aromatic N) is 5. The Morgan fingerprint density at radius 2 is 1.74 bits per heavy atom. The van der Waals surface area contributed by atoms with E-state index in [4.69, 9.17) is 21.1 Å². The van der Waals surface area contributed by atoms with Crippen molar-refractivity contribution < 1.29 is 9.47 Å². The molecule has 158 valence electrons. The zero-order valence-electron chi connectivity index (χ0n) is 17.4. The Morgan fingerprint density at radius 1 is 1.00 bits per heavy atom. The minimum absolute atomic E-state index is 0.200. The molecule has 1 aliphatic heterocycles. The van der Waals surface area contributed by atoms with Gasteiger partial charge in [-0.2, -0.15) is 9.97 Å². The highest BCUT2D eigenvalue weighted by atomic mass is 35.5. The highest BCUT2D eigenvalue weighted by Crippen LogP contribution is 2.35. The Kier molecular flexibility index (Phi) is 5.11. The number of hydrogen-bond donors (Lipinski definition) is 0. The summed E-state index contributed by atoms with van der Waals surface area (Å²) >= 11 is 6.27. The molecule has 7 nitrogen and oxygen atoms in total. The Morgan fingerprint density at radius 3 is 2.48 bits per heavy atom. The summed E-state index contributed by atoms with van der Waals surface area (Å²) in [6.07, 6.45) is 2.67. The highest BCUT2D eigenvalue weighted by molar-refractivity contribution is 6.28. The number of hydrogen-bond acceptors (Lipinski definition) is 6. The van der Waals surface area contributed by atoms with E-state index in [1.54, 1.807) is 20.5 Å². The summed E-state index contributed by atoms with van der Waals surface area (Å²) in [6.45, 7) is 2.18. The average molecular weight is 436 g/mol. The summed E-state index contributed by atoms with van der Waals surface area (Å²) in [4.78, 5) is 15.7. The molecule has 0 unspecified atom stereocenters. The van der Waals surface area contributed by atoms with Crippen LogP contribution >= 0.6 is 11.6 Å². The molecule has 0 fully saturated rings. The van der Waals surface area contributed by atoms with Gasteiger partial charge in [0.1, 0.15) is 5.52 Å². The quantitative estimate of drug-likeness (QED) is 0.439. The van der Waals surface area contributed by atoms with Crippen molar-refractivity contribution in [3.8, 4) is 11.5 Å². The van der Waals surface area contributed by atoms with Crippen LogP contribution in [0.2, 0.25) is 5.28 Å². The third kappa shape index (κ3) is 3.65. The van der Waals surface area contributed by atoms with E-state index in [0.29, 0.717) is 18.7 Å². The molecule has 0 radical (unpaired) electrons. The second kappa shape index (κ2) is 8.07. The van der Waals surface area contributed by atoms with Gasteiger partial charge in [0.2, 0.25) is 5.28 Å². The van der Waals surface area contributed by atoms with E-state index in [2.05, 4.69) is 42.6 Å². The van der Waals surface area contributed by atoms with Crippen molar-refractivity contribution in [3.63, 3.8) is 0 Å². The fourth-order valence-electron chi connectivity index (χ4n) is 4.12. The second-order valence-corrected chi connectivity index (χ2v) is 7.83. The molecule has 3 heterocycles. The van der Waals surface area contributed by atoms with Crippen molar-refractivity contribution in [2.75, 3.05) is 25.7 Å². The number of aromatic nitrogens is 4. The fraction of sp³-hybridized carbons (Fsp3) is 0.261. The van der Waals surface area contributed by atoms with Gasteiger partial charge in [0, 0.05) is 19.6 Å². The molecule has 0 N–H and O–H groups in total. The molecule has 0 atom stereocenters. The Hall–Kier alpha value is -3.32. The molecule has 31 heavy (non-hydrogen) atoms. The molecule has 0 bridgehead atoms. The maximum Gasteiger partial charge on any atom is 0.226 e. The number of methoxy groups -OCH3 is 2. The van der Waals surface area contributed by atoms with E-state index in [-0.39, 0.29) is 5.28 Å². The number of rotatable bonds is 5. The molecule has 2 aromatic heterocycles. The van der Waals surface area contributed by atoms with Gasteiger partial charge in [-0.3, -0.25) is 0 Å². The van der Waals surface area contributed by atoms with Crippen LogP contribution in [0, 0.1) is 0 Å². The summed E-state index contributed by atoms with van der Waals surface area (Å²) < 4.78 is 13.0. The van der Waals surface area contributed by atoms with Gasteiger partial charge in [0.15, 0.2) is 23.0 Å². The van der Waals surface area contributed by atoms with Crippen LogP contribution in [0.3, 0.4) is 0 Å². The number of imidazole rings is 1. The van der Waals surface area contributed by atoms with Gasteiger partial charge in [-0.1, -0.05) is 30.3 Å². The van der Waals surface area contributed by atoms with Crippen molar-refractivity contribution in [3.05, 3.63) is 70.8 Å². The van der Waals surface area contributed by atoms with Gasteiger partial charge < -0.3 is 18.9 Å². The zero-order chi connectivity index (χ0) is 21.4. The Labute approximate surface area is 185 Å². The minimum atomic E-state index is 0.200. The van der Waals surface area contributed by atoms with Gasteiger partial charge in [0.05, 0.1) is 20.5 Å². The molecular formula is C23H22ClN5O2. The van der Waals surface area contributed by atoms with Crippen LogP contribution in [0.5, 0.6) is 11.5 Å². The molecule has 8 heteroatoms. The van der Waals surface area contributed by atoms with Crippen LogP contribution in [-0.2, 0) is 19.5 Å². The number of ether oxygens (including phenoxy) is 2. The van der Waals surface area contributed by atoms with E-state index >= 15 is 0 Å². The van der Waals surface area contributed by atoms with Crippen LogP contribution in [0.4, 0.5) is 5.82 Å². The fourth-order valence-corrected chi connectivity index (χ4v) is 4.28. The number of benzene rings is 2. The van der Waals surface area contributed by atoms with Crippen LogP contribution in [-0.4, -0.2) is 40.3 Å². The van der Waals surface area contributed by atoms with Gasteiger partial charge >= 0.3 is 0 Å². The smallest absolute Gasteiger partial charge is 0.226 e. The summed E-state index contributed by atoms with van der Waals surface area (Å²) in [5.41, 5.74) is 5.11. The Balaban J connectivity index is 1.55. The lowest BCUT2D eigenvalue weighted by Gasteiger charge is -2.31. The molecule has 5 rings (SSSR count). The van der Waals surface area contributed by atoms with Gasteiger partial charge in [0.25, 0.3) is 0 Å². The van der Waals surface area contributed by atoms with Crippen LogP contribution in [0.1, 0.15) is 16.7 Å². The van der Waals surface area contributed by atoms with Gasteiger partial charge in [-0.05, 0) is 46.8 Å². The summed E-state index contributed by atoms with van der Waals surface area (Å²) in [7, 11) is 3.31. The number of anilines is 1. The molecular weight excluding hydrogens is 414 g/mol. The second-order valence-electron chi connectivity index (χ2n) is 7.49. The SMILES string of the molecule is COc1cc2c(cc1OC)CN(c1nc(Cl)nc3ncn(Cc4ccccc4)c13)CC2. The summed E-state index contributed by atoms with van der Waals surface area (Å²) in [5.74, 6) is 2.27. The standard InChI is InChI=1S/C23H22ClN5O2/c1-30-18-10-16-8-9-28(13-17(16)11-19(18)31-2)22-20-21(26-23(24)27-22)25-14-29(20)12-15-6-4-3-5-7-15/h3-7,10-11,14H,8-9,12-13H2,1-2H3. The van der Waals surface area contributed by atoms with Crippen molar-refractivity contribution in [2.24, 2.45) is 0 Å². The maximum absolute atomic E-state index is 6.27. The van der Waals surface area contributed by atoms with E-state index in [9.17, 15) is 0 Å². The molecule has 0 spiro atoms. The van der Waals surface area contributed by atoms with E-state index in [1.807, 2.05) is 24.3 Å². The van der Waals surface area contributed by atoms with Crippen molar-refractivity contribution in [1.29, 1.82) is 0 Å². The maximum atomic E-state index is 6.27. The first-order valence-corrected chi connectivity index (χ1v) is 10.4. The van der Waals surface area contributed by atoms with Crippen LogP contribution < -0.4 is 14.4 Å². The van der Waals surface area contributed by atoms with Crippen LogP contribution in [0.15, 0.2) is 48.8 Å². The van der Waals surface area contributed by atoms with E-state index in [0.717, 1.165) is 35.8 Å². The molecule has 0 saturated heterocycles. The lowest BCUT2D eigenvalue weighted by atomic mass is 9.98. The third-order valence-corrected chi connectivity index (χ3v) is 5.81. The predicted octanol–water partition coefficient (Wildman–Crippen LogP) is 4.11. The molecule has 2 aromatic carbocycles. The first kappa shape index (κ1) is 19.6. The molecule has 0 aliphatic carbocycles. The van der Waals surface area contributed by atoms with Crippen molar-refractivity contribution in [2.45, 2.75) is 19.5 Å². The monoisotopic (exact) mass is 435 g/mol. The number of halogens is 1. The predicted molar refractivity (Wildman–Crippen MR) is 120 cm³/mol. The summed E-state index contributed by atoms with van der Waals surface area (Å²) in [6, 6.07) is 14.4. The average Bonchev–Trinajstić information content (AvgIpc) is 3.20. The third-order valence-electron chi connectivity index (χ3n) is 5.64. The lowest BCUT2D eigenvalue weighted by Crippen LogP contribution is -2.31. The topological polar surface area (TPSA) is 65.3 Å². The largest absolute Gasteiger partial charge is 0.493 e. The van der Waals surface area contributed by atoms with Crippen LogP contribution in [0.25, 0.3) is 11.2 Å². The molecule has 1 aliphatic rings.